The smallest absolute Gasteiger partial charge is 0.220 e. The Labute approximate surface area is 188 Å². The second kappa shape index (κ2) is 9.96. The van der Waals surface area contributed by atoms with E-state index in [2.05, 4.69) is 48.4 Å². The summed E-state index contributed by atoms with van der Waals surface area (Å²) in [6.45, 7) is 9.04. The topological polar surface area (TPSA) is 60.0 Å². The van der Waals surface area contributed by atoms with Crippen molar-refractivity contribution in [3.05, 3.63) is 0 Å². The second-order valence-corrected chi connectivity index (χ2v) is 9.47. The number of likely N-dealkylation sites (N-methyl/N-ethyl adjacent to an activating group) is 1. The summed E-state index contributed by atoms with van der Waals surface area (Å²) in [5.74, 6) is 2.02. The first-order valence-corrected chi connectivity index (χ1v) is 10.9. The van der Waals surface area contributed by atoms with E-state index in [0.29, 0.717) is 6.42 Å². The zero-order chi connectivity index (χ0) is 19.5. The molecule has 3 fully saturated rings. The molecule has 7 heteroatoms. The van der Waals surface area contributed by atoms with E-state index in [1.165, 1.54) is 25.7 Å². The minimum Gasteiger partial charge on any atom is -0.357 e. The third kappa shape index (κ3) is 5.32. The van der Waals surface area contributed by atoms with Crippen LogP contribution >= 0.6 is 24.0 Å². The lowest BCUT2D eigenvalue weighted by Gasteiger charge is -2.45. The van der Waals surface area contributed by atoms with Crippen LogP contribution in [-0.4, -0.2) is 74.0 Å². The zero-order valence-electron chi connectivity index (χ0n) is 18.2. The van der Waals surface area contributed by atoms with Crippen molar-refractivity contribution >= 4 is 35.8 Å². The van der Waals surface area contributed by atoms with Gasteiger partial charge in [0.15, 0.2) is 5.96 Å². The molecule has 28 heavy (non-hydrogen) atoms. The van der Waals surface area contributed by atoms with Gasteiger partial charge in [0.2, 0.25) is 5.91 Å². The van der Waals surface area contributed by atoms with Gasteiger partial charge in [0, 0.05) is 43.6 Å². The van der Waals surface area contributed by atoms with Crippen LogP contribution < -0.4 is 10.6 Å². The van der Waals surface area contributed by atoms with E-state index in [4.69, 9.17) is 4.99 Å². The highest BCUT2D eigenvalue weighted by Gasteiger charge is 2.43. The molecular formula is C21H40IN5O. The summed E-state index contributed by atoms with van der Waals surface area (Å²) in [7, 11) is 4.43. The van der Waals surface area contributed by atoms with Crippen LogP contribution in [0, 0.1) is 11.3 Å². The maximum absolute atomic E-state index is 11.8. The van der Waals surface area contributed by atoms with Gasteiger partial charge in [0.05, 0.1) is 6.54 Å². The summed E-state index contributed by atoms with van der Waals surface area (Å²) in [6.07, 6.45) is 8.04. The van der Waals surface area contributed by atoms with E-state index in [9.17, 15) is 4.79 Å². The molecule has 162 valence electrons. The molecule has 1 aliphatic carbocycles. The van der Waals surface area contributed by atoms with Gasteiger partial charge in [-0.3, -0.25) is 9.79 Å². The molecule has 0 aromatic rings. The maximum Gasteiger partial charge on any atom is 0.220 e. The predicted octanol–water partition coefficient (Wildman–Crippen LogP) is 2.68. The number of halogens is 1. The van der Waals surface area contributed by atoms with Gasteiger partial charge in [-0.2, -0.15) is 0 Å². The fourth-order valence-electron chi connectivity index (χ4n) is 5.40. The highest BCUT2D eigenvalue weighted by molar-refractivity contribution is 14.0. The van der Waals surface area contributed by atoms with Crippen LogP contribution in [0.1, 0.15) is 58.8 Å². The number of carbonyl (C=O) groups is 1. The molecule has 3 unspecified atom stereocenters. The summed E-state index contributed by atoms with van der Waals surface area (Å²) in [5, 5.41) is 6.58. The second-order valence-electron chi connectivity index (χ2n) is 9.47. The van der Waals surface area contributed by atoms with E-state index in [1.807, 2.05) is 0 Å². The molecule has 6 nitrogen and oxygen atoms in total. The molecule has 1 saturated carbocycles. The maximum atomic E-state index is 11.8. The van der Waals surface area contributed by atoms with Gasteiger partial charge in [-0.25, -0.2) is 0 Å². The van der Waals surface area contributed by atoms with Crippen molar-refractivity contribution in [2.75, 3.05) is 46.8 Å². The minimum atomic E-state index is 0. The Morgan fingerprint density at radius 2 is 2.14 bits per heavy atom. The van der Waals surface area contributed by atoms with Crippen molar-refractivity contribution in [1.29, 1.82) is 0 Å². The number of hydrogen-bond donors (Lipinski definition) is 2. The molecular weight excluding hydrogens is 465 g/mol. The van der Waals surface area contributed by atoms with E-state index in [1.54, 1.807) is 0 Å². The summed E-state index contributed by atoms with van der Waals surface area (Å²) in [6, 6.07) is 0. The van der Waals surface area contributed by atoms with Crippen molar-refractivity contribution in [2.24, 2.45) is 16.3 Å². The van der Waals surface area contributed by atoms with Crippen molar-refractivity contribution < 1.29 is 4.79 Å². The van der Waals surface area contributed by atoms with Crippen molar-refractivity contribution in [3.8, 4) is 0 Å². The number of aliphatic imine (C=N–C) groups is 1. The van der Waals surface area contributed by atoms with Crippen LogP contribution in [-0.2, 0) is 4.79 Å². The van der Waals surface area contributed by atoms with Crippen LogP contribution in [0.2, 0.25) is 0 Å². The molecule has 0 bridgehead atoms. The number of nitrogens with one attached hydrogen (secondary N) is 2. The minimum absolute atomic E-state index is 0. The van der Waals surface area contributed by atoms with Gasteiger partial charge in [-0.05, 0) is 52.6 Å². The fourth-order valence-corrected chi connectivity index (χ4v) is 5.40. The normalized spacial score (nSPS) is 33.8. The number of likely N-dealkylation sites (tertiary alicyclic amines) is 1. The van der Waals surface area contributed by atoms with Crippen molar-refractivity contribution in [2.45, 2.75) is 64.3 Å². The third-order valence-electron chi connectivity index (χ3n) is 7.03. The van der Waals surface area contributed by atoms with Crippen LogP contribution in [0.15, 0.2) is 4.99 Å². The number of rotatable bonds is 4. The van der Waals surface area contributed by atoms with Crippen LogP contribution in [0.3, 0.4) is 0 Å². The summed E-state index contributed by atoms with van der Waals surface area (Å²) < 4.78 is 0. The first kappa shape index (κ1) is 23.7. The van der Waals surface area contributed by atoms with Gasteiger partial charge < -0.3 is 20.4 Å². The number of hydrogen-bond acceptors (Lipinski definition) is 3. The molecule has 2 N–H and O–H groups in total. The lowest BCUT2D eigenvalue weighted by Crippen LogP contribution is -2.53. The standard InChI is InChI=1S/C21H39N5O.HI/c1-5-22-19(24-15-21(25(3)4)10-6-8-17(2)12-21)26-11-7-9-20(16-26)13-18(27)23-14-20;/h17H,5-16H2,1-4H3,(H,22,24)(H,23,27);1H. The SMILES string of the molecule is CCNC(=NCC1(N(C)C)CCCC(C)C1)N1CCCC2(CNC(=O)C2)C1.I. The van der Waals surface area contributed by atoms with Gasteiger partial charge in [0.1, 0.15) is 0 Å². The summed E-state index contributed by atoms with van der Waals surface area (Å²) in [4.78, 5) is 21.8. The Bertz CT molecular complexity index is 569. The molecule has 1 amide bonds. The van der Waals surface area contributed by atoms with Crippen LogP contribution in [0.4, 0.5) is 0 Å². The molecule has 3 rings (SSSR count). The number of guanidine groups is 1. The lowest BCUT2D eigenvalue weighted by atomic mass is 9.75. The zero-order valence-corrected chi connectivity index (χ0v) is 20.6. The molecule has 3 atom stereocenters. The Hall–Kier alpha value is -0.570. The first-order chi connectivity index (χ1) is 12.9. The van der Waals surface area contributed by atoms with Gasteiger partial charge in [0.25, 0.3) is 0 Å². The Kier molecular flexibility index (Phi) is 8.43. The van der Waals surface area contributed by atoms with Crippen molar-refractivity contribution in [1.82, 2.24) is 20.4 Å². The largest absolute Gasteiger partial charge is 0.357 e. The fraction of sp³-hybridized carbons (Fsp3) is 0.905. The Morgan fingerprint density at radius 3 is 2.75 bits per heavy atom. The Balaban J connectivity index is 0.00000280. The molecule has 2 aliphatic heterocycles. The van der Waals surface area contributed by atoms with Gasteiger partial charge in [-0.15, -0.1) is 24.0 Å². The number of amides is 1. The summed E-state index contributed by atoms with van der Waals surface area (Å²) >= 11 is 0. The van der Waals surface area contributed by atoms with E-state index in [0.717, 1.165) is 57.4 Å². The molecule has 2 saturated heterocycles. The number of nitrogens with zero attached hydrogens (tertiary/aromatic N) is 3. The molecule has 2 heterocycles. The van der Waals surface area contributed by atoms with E-state index < -0.39 is 0 Å². The Morgan fingerprint density at radius 1 is 1.36 bits per heavy atom. The molecule has 0 aromatic carbocycles. The number of carbonyl (C=O) groups excluding carboxylic acids is 1. The lowest BCUT2D eigenvalue weighted by molar-refractivity contribution is -0.119. The monoisotopic (exact) mass is 505 g/mol. The highest BCUT2D eigenvalue weighted by atomic mass is 127. The summed E-state index contributed by atoms with van der Waals surface area (Å²) in [5.41, 5.74) is 0.279. The average Bonchev–Trinajstić information content (AvgIpc) is 2.98. The highest BCUT2D eigenvalue weighted by Crippen LogP contribution is 2.37. The van der Waals surface area contributed by atoms with Gasteiger partial charge in [-0.1, -0.05) is 19.8 Å². The molecule has 0 radical (unpaired) electrons. The molecule has 3 aliphatic rings. The quantitative estimate of drug-likeness (QED) is 0.351. The first-order valence-electron chi connectivity index (χ1n) is 10.9. The van der Waals surface area contributed by atoms with Gasteiger partial charge >= 0.3 is 0 Å². The van der Waals surface area contributed by atoms with Crippen molar-refractivity contribution in [3.63, 3.8) is 0 Å². The van der Waals surface area contributed by atoms with E-state index in [-0.39, 0.29) is 40.8 Å². The molecule has 1 spiro atoms. The van der Waals surface area contributed by atoms with Crippen LogP contribution in [0.25, 0.3) is 0 Å². The third-order valence-corrected chi connectivity index (χ3v) is 7.03. The van der Waals surface area contributed by atoms with E-state index >= 15 is 0 Å². The average molecular weight is 505 g/mol. The number of piperidine rings is 1. The predicted molar refractivity (Wildman–Crippen MR) is 126 cm³/mol. The van der Waals surface area contributed by atoms with Crippen LogP contribution in [0.5, 0.6) is 0 Å². The molecule has 0 aromatic heterocycles.